The zero-order valence-corrected chi connectivity index (χ0v) is 12.8. The Kier molecular flexibility index (Phi) is 4.53. The summed E-state index contributed by atoms with van der Waals surface area (Å²) in [4.78, 5) is 14.5. The van der Waals surface area contributed by atoms with E-state index in [1.54, 1.807) is 12.3 Å². The predicted molar refractivity (Wildman–Crippen MR) is 85.6 cm³/mol. The van der Waals surface area contributed by atoms with Crippen LogP contribution in [0.1, 0.15) is 11.7 Å². The Hall–Kier alpha value is -3.13. The van der Waals surface area contributed by atoms with Gasteiger partial charge in [-0.1, -0.05) is 12.1 Å². The largest absolute Gasteiger partial charge is 0.386 e. The second-order valence-corrected chi connectivity index (χ2v) is 5.39. The second-order valence-electron chi connectivity index (χ2n) is 5.39. The molecule has 1 unspecified atom stereocenters. The Bertz CT molecular complexity index is 927. The number of rotatable bonds is 5. The van der Waals surface area contributed by atoms with Gasteiger partial charge in [0, 0.05) is 35.7 Å². The first-order valence-electron chi connectivity index (χ1n) is 7.34. The lowest BCUT2D eigenvalue weighted by Gasteiger charge is -2.15. The first-order chi connectivity index (χ1) is 12.0. The minimum Gasteiger partial charge on any atom is -0.386 e. The van der Waals surface area contributed by atoms with Gasteiger partial charge in [-0.15, -0.1) is 0 Å². The van der Waals surface area contributed by atoms with Crippen LogP contribution in [0.3, 0.4) is 0 Å². The van der Waals surface area contributed by atoms with Crippen molar-refractivity contribution in [3.63, 3.8) is 0 Å². The van der Waals surface area contributed by atoms with Crippen molar-refractivity contribution in [1.29, 1.82) is 0 Å². The van der Waals surface area contributed by atoms with Crippen molar-refractivity contribution >= 4 is 5.69 Å². The maximum Gasteiger partial charge on any atom is 0.270 e. The highest BCUT2D eigenvalue weighted by Gasteiger charge is 2.17. The lowest BCUT2D eigenvalue weighted by molar-refractivity contribution is -0.384. The zero-order valence-electron chi connectivity index (χ0n) is 12.8. The van der Waals surface area contributed by atoms with E-state index in [-0.39, 0.29) is 17.8 Å². The van der Waals surface area contributed by atoms with Crippen molar-refractivity contribution < 1.29 is 18.8 Å². The van der Waals surface area contributed by atoms with E-state index in [1.807, 2.05) is 0 Å². The molecule has 0 amide bonds. The molecule has 1 heterocycles. The highest BCUT2D eigenvalue weighted by molar-refractivity contribution is 5.59. The number of hydrogen-bond donors (Lipinski definition) is 1. The van der Waals surface area contributed by atoms with Crippen molar-refractivity contribution in [3.05, 3.63) is 82.2 Å². The average Bonchev–Trinajstić information content (AvgIpc) is 3.05. The number of aliphatic hydroxyl groups excluding tert-OH is 1. The van der Waals surface area contributed by atoms with Crippen molar-refractivity contribution in [2.45, 2.75) is 12.6 Å². The van der Waals surface area contributed by atoms with Crippen LogP contribution in [0.25, 0.3) is 11.4 Å². The fourth-order valence-corrected chi connectivity index (χ4v) is 2.53. The third-order valence-electron chi connectivity index (χ3n) is 3.72. The van der Waals surface area contributed by atoms with Gasteiger partial charge < -0.3 is 9.67 Å². The molecule has 8 heteroatoms. The summed E-state index contributed by atoms with van der Waals surface area (Å²) < 4.78 is 28.6. The highest BCUT2D eigenvalue weighted by atomic mass is 19.1. The van der Waals surface area contributed by atoms with Gasteiger partial charge in [-0.05, 0) is 18.2 Å². The minimum atomic E-state index is -1.30. The molecule has 0 aliphatic heterocycles. The number of imidazole rings is 1. The summed E-state index contributed by atoms with van der Waals surface area (Å²) in [5.74, 6) is -0.995. The third kappa shape index (κ3) is 3.53. The van der Waals surface area contributed by atoms with Crippen LogP contribution in [0, 0.1) is 21.7 Å². The van der Waals surface area contributed by atoms with Crippen LogP contribution in [0.2, 0.25) is 0 Å². The molecule has 0 fully saturated rings. The first-order valence-corrected chi connectivity index (χ1v) is 7.34. The molecule has 128 valence electrons. The van der Waals surface area contributed by atoms with Crippen molar-refractivity contribution in [2.75, 3.05) is 0 Å². The predicted octanol–water partition coefficient (Wildman–Crippen LogP) is 3.47. The van der Waals surface area contributed by atoms with E-state index >= 15 is 0 Å². The maximum atomic E-state index is 13.8. The van der Waals surface area contributed by atoms with Gasteiger partial charge >= 0.3 is 0 Å². The molecule has 0 aliphatic rings. The summed E-state index contributed by atoms with van der Waals surface area (Å²) >= 11 is 0. The summed E-state index contributed by atoms with van der Waals surface area (Å²) in [6, 6.07) is 8.72. The van der Waals surface area contributed by atoms with Crippen LogP contribution >= 0.6 is 0 Å². The number of benzene rings is 2. The summed E-state index contributed by atoms with van der Waals surface area (Å²) in [7, 11) is 0. The van der Waals surface area contributed by atoms with E-state index in [1.165, 1.54) is 29.0 Å². The van der Waals surface area contributed by atoms with Crippen LogP contribution < -0.4 is 0 Å². The number of hydrogen-bond acceptors (Lipinski definition) is 4. The molecule has 0 aliphatic carbocycles. The third-order valence-corrected chi connectivity index (χ3v) is 3.72. The minimum absolute atomic E-state index is 0.0849. The van der Waals surface area contributed by atoms with E-state index in [0.29, 0.717) is 11.4 Å². The molecule has 1 atom stereocenters. The quantitative estimate of drug-likeness (QED) is 0.567. The van der Waals surface area contributed by atoms with Crippen molar-refractivity contribution in [3.8, 4) is 11.4 Å². The molecule has 25 heavy (non-hydrogen) atoms. The van der Waals surface area contributed by atoms with Gasteiger partial charge in [-0.2, -0.15) is 0 Å². The average molecular weight is 345 g/mol. The summed E-state index contributed by atoms with van der Waals surface area (Å²) in [6.45, 7) is -0.0849. The smallest absolute Gasteiger partial charge is 0.270 e. The van der Waals surface area contributed by atoms with Gasteiger partial charge in [-0.25, -0.2) is 13.8 Å². The van der Waals surface area contributed by atoms with E-state index in [2.05, 4.69) is 4.98 Å². The van der Waals surface area contributed by atoms with Crippen LogP contribution in [-0.4, -0.2) is 19.6 Å². The summed E-state index contributed by atoms with van der Waals surface area (Å²) in [6.07, 6.45) is 1.71. The van der Waals surface area contributed by atoms with Crippen molar-refractivity contribution in [1.82, 2.24) is 9.55 Å². The SMILES string of the molecule is O=[N+]([O-])c1cccc(-c2nccn2CC(O)c2cc(F)ccc2F)c1. The monoisotopic (exact) mass is 345 g/mol. The van der Waals surface area contributed by atoms with E-state index in [4.69, 9.17) is 0 Å². The molecule has 2 aromatic carbocycles. The zero-order chi connectivity index (χ0) is 18.0. The van der Waals surface area contributed by atoms with Crippen LogP contribution in [0.4, 0.5) is 14.5 Å². The molecule has 0 saturated heterocycles. The fourth-order valence-electron chi connectivity index (χ4n) is 2.53. The molecule has 0 bridgehead atoms. The molecule has 1 N–H and O–H groups in total. The van der Waals surface area contributed by atoms with E-state index < -0.39 is 22.7 Å². The number of aliphatic hydroxyl groups is 1. The Labute approximate surface area is 141 Å². The Balaban J connectivity index is 1.91. The Morgan fingerprint density at radius 2 is 2.04 bits per heavy atom. The van der Waals surface area contributed by atoms with Crippen LogP contribution in [0.15, 0.2) is 54.9 Å². The van der Waals surface area contributed by atoms with Gasteiger partial charge in [-0.3, -0.25) is 10.1 Å². The number of nitro benzene ring substituents is 1. The number of non-ortho nitro benzene ring substituents is 1. The van der Waals surface area contributed by atoms with Gasteiger partial charge in [0.05, 0.1) is 17.6 Å². The summed E-state index contributed by atoms with van der Waals surface area (Å²) in [5.41, 5.74) is 0.216. The molecule has 0 saturated carbocycles. The van der Waals surface area contributed by atoms with Crippen LogP contribution in [0.5, 0.6) is 0 Å². The lowest BCUT2D eigenvalue weighted by atomic mass is 10.1. The fraction of sp³-hybridized carbons (Fsp3) is 0.118. The number of halogens is 2. The molecule has 0 radical (unpaired) electrons. The molecule has 1 aromatic heterocycles. The summed E-state index contributed by atoms with van der Waals surface area (Å²) in [5, 5.41) is 21.1. The highest BCUT2D eigenvalue weighted by Crippen LogP contribution is 2.25. The Morgan fingerprint density at radius 1 is 1.24 bits per heavy atom. The molecular weight excluding hydrogens is 332 g/mol. The molecule has 0 spiro atoms. The number of nitrogens with zero attached hydrogens (tertiary/aromatic N) is 3. The van der Waals surface area contributed by atoms with Gasteiger partial charge in [0.15, 0.2) is 0 Å². The topological polar surface area (TPSA) is 81.2 Å². The van der Waals surface area contributed by atoms with E-state index in [0.717, 1.165) is 18.2 Å². The lowest BCUT2D eigenvalue weighted by Crippen LogP contribution is -2.11. The molecule has 3 rings (SSSR count). The molecule has 6 nitrogen and oxygen atoms in total. The number of aromatic nitrogens is 2. The number of nitro groups is 1. The van der Waals surface area contributed by atoms with Crippen LogP contribution in [-0.2, 0) is 6.54 Å². The van der Waals surface area contributed by atoms with Gasteiger partial charge in [0.2, 0.25) is 0 Å². The van der Waals surface area contributed by atoms with Crippen molar-refractivity contribution in [2.24, 2.45) is 0 Å². The molecule has 3 aromatic rings. The Morgan fingerprint density at radius 3 is 2.80 bits per heavy atom. The maximum absolute atomic E-state index is 13.8. The van der Waals surface area contributed by atoms with Gasteiger partial charge in [0.1, 0.15) is 17.5 Å². The van der Waals surface area contributed by atoms with E-state index in [9.17, 15) is 24.0 Å². The standard InChI is InChI=1S/C17H13F2N3O3/c18-12-4-5-15(19)14(9-12)16(23)10-21-7-6-20-17(21)11-2-1-3-13(8-11)22(24)25/h1-9,16,23H,10H2. The molecular formula is C17H13F2N3O3. The second kappa shape index (κ2) is 6.78. The van der Waals surface area contributed by atoms with Gasteiger partial charge in [0.25, 0.3) is 5.69 Å². The first kappa shape index (κ1) is 16.7. The normalized spacial score (nSPS) is 12.1.